The van der Waals surface area contributed by atoms with Crippen LogP contribution in [-0.4, -0.2) is 42.1 Å². The van der Waals surface area contributed by atoms with Gasteiger partial charge in [0.25, 0.3) is 5.91 Å². The highest BCUT2D eigenvalue weighted by Gasteiger charge is 2.42. The van der Waals surface area contributed by atoms with Gasteiger partial charge in [-0.05, 0) is 50.2 Å². The summed E-state index contributed by atoms with van der Waals surface area (Å²) in [5.41, 5.74) is 0.986. The van der Waals surface area contributed by atoms with Crippen LogP contribution in [0.2, 0.25) is 0 Å². The molecule has 3 heterocycles. The fourth-order valence-electron chi connectivity index (χ4n) is 4.08. The van der Waals surface area contributed by atoms with Gasteiger partial charge in [0.2, 0.25) is 0 Å². The van der Waals surface area contributed by atoms with Crippen LogP contribution in [0.5, 0.6) is 0 Å². The lowest BCUT2D eigenvalue weighted by Gasteiger charge is -2.24. The standard InChI is InChI=1S/C18H24N2O3S/c21-16(15-11-13-5-2-1-3-6-14(13)24-15)20-9-4-7-18(8-10-20)12-19-17(22)23-18/h11H,1-10,12H2,(H,19,22). The Balaban J connectivity index is 1.46. The van der Waals surface area contributed by atoms with E-state index in [9.17, 15) is 9.59 Å². The maximum Gasteiger partial charge on any atom is 0.407 e. The smallest absolute Gasteiger partial charge is 0.407 e. The molecule has 2 fully saturated rings. The Morgan fingerprint density at radius 2 is 2.04 bits per heavy atom. The average Bonchev–Trinajstić information content (AvgIpc) is 2.98. The molecule has 0 aromatic carbocycles. The number of likely N-dealkylation sites (tertiary alicyclic amines) is 1. The lowest BCUT2D eigenvalue weighted by atomic mass is 9.95. The van der Waals surface area contributed by atoms with Crippen molar-refractivity contribution >= 4 is 23.3 Å². The van der Waals surface area contributed by atoms with E-state index in [2.05, 4.69) is 11.4 Å². The molecule has 2 aliphatic heterocycles. The van der Waals surface area contributed by atoms with Crippen LogP contribution in [0.3, 0.4) is 0 Å². The number of thiophene rings is 1. The summed E-state index contributed by atoms with van der Waals surface area (Å²) in [6, 6.07) is 2.13. The maximum absolute atomic E-state index is 12.9. The van der Waals surface area contributed by atoms with Gasteiger partial charge in [0, 0.05) is 24.4 Å². The first kappa shape index (κ1) is 15.9. The molecule has 0 bridgehead atoms. The molecule has 1 unspecified atom stereocenters. The number of amides is 2. The Morgan fingerprint density at radius 3 is 2.88 bits per heavy atom. The molecule has 1 N–H and O–H groups in total. The van der Waals surface area contributed by atoms with E-state index in [1.807, 2.05) is 4.90 Å². The van der Waals surface area contributed by atoms with Gasteiger partial charge in [-0.25, -0.2) is 4.79 Å². The van der Waals surface area contributed by atoms with E-state index in [-0.39, 0.29) is 12.0 Å². The number of ether oxygens (including phenoxy) is 1. The summed E-state index contributed by atoms with van der Waals surface area (Å²) in [4.78, 5) is 28.6. The largest absolute Gasteiger partial charge is 0.441 e. The predicted octanol–water partition coefficient (Wildman–Crippen LogP) is 3.12. The second-order valence-electron chi connectivity index (χ2n) is 7.19. The Morgan fingerprint density at radius 1 is 1.17 bits per heavy atom. The first-order valence-corrected chi connectivity index (χ1v) is 9.85. The van der Waals surface area contributed by atoms with E-state index in [4.69, 9.17) is 4.74 Å². The molecule has 0 saturated carbocycles. The van der Waals surface area contributed by atoms with Crippen molar-refractivity contribution in [3.8, 4) is 0 Å². The number of hydrogen-bond acceptors (Lipinski definition) is 4. The van der Waals surface area contributed by atoms with Gasteiger partial charge in [0.1, 0.15) is 5.60 Å². The van der Waals surface area contributed by atoms with Gasteiger partial charge in [-0.1, -0.05) is 6.42 Å². The van der Waals surface area contributed by atoms with Gasteiger partial charge >= 0.3 is 6.09 Å². The zero-order chi connectivity index (χ0) is 16.6. The summed E-state index contributed by atoms with van der Waals surface area (Å²) in [6.45, 7) is 1.98. The van der Waals surface area contributed by atoms with Crippen molar-refractivity contribution in [2.24, 2.45) is 0 Å². The third-order valence-corrected chi connectivity index (χ3v) is 6.73. The van der Waals surface area contributed by atoms with Gasteiger partial charge in [0.15, 0.2) is 0 Å². The van der Waals surface area contributed by atoms with Crippen molar-refractivity contribution in [3.05, 3.63) is 21.4 Å². The van der Waals surface area contributed by atoms with Crippen molar-refractivity contribution in [1.29, 1.82) is 0 Å². The molecule has 0 radical (unpaired) electrons. The Hall–Kier alpha value is -1.56. The van der Waals surface area contributed by atoms with Crippen LogP contribution >= 0.6 is 11.3 Å². The third kappa shape index (κ3) is 3.04. The van der Waals surface area contributed by atoms with E-state index in [0.29, 0.717) is 13.1 Å². The Bertz CT molecular complexity index is 633. The van der Waals surface area contributed by atoms with Gasteiger partial charge in [-0.15, -0.1) is 11.3 Å². The fraction of sp³-hybridized carbons (Fsp3) is 0.667. The van der Waals surface area contributed by atoms with Crippen molar-refractivity contribution in [2.45, 2.75) is 57.0 Å². The number of fused-ring (bicyclic) bond motifs is 1. The summed E-state index contributed by atoms with van der Waals surface area (Å²) in [7, 11) is 0. The van der Waals surface area contributed by atoms with Crippen molar-refractivity contribution in [3.63, 3.8) is 0 Å². The normalized spacial score (nSPS) is 27.2. The molecule has 5 nitrogen and oxygen atoms in total. The number of alkyl carbamates (subject to hydrolysis) is 1. The van der Waals surface area contributed by atoms with Gasteiger partial charge in [-0.3, -0.25) is 4.79 Å². The lowest BCUT2D eigenvalue weighted by Crippen LogP contribution is -2.36. The molecule has 1 aliphatic carbocycles. The predicted molar refractivity (Wildman–Crippen MR) is 92.5 cm³/mol. The topological polar surface area (TPSA) is 58.6 Å². The van der Waals surface area contributed by atoms with E-state index in [0.717, 1.165) is 43.5 Å². The zero-order valence-corrected chi connectivity index (χ0v) is 14.8. The number of carbonyl (C=O) groups excluding carboxylic acids is 2. The van der Waals surface area contributed by atoms with Crippen LogP contribution < -0.4 is 5.32 Å². The molecule has 1 aromatic rings. The Kier molecular flexibility index (Phi) is 4.24. The summed E-state index contributed by atoms with van der Waals surface area (Å²) >= 11 is 1.69. The Labute approximate surface area is 146 Å². The molecule has 3 aliphatic rings. The average molecular weight is 348 g/mol. The third-order valence-electron chi connectivity index (χ3n) is 5.51. The monoisotopic (exact) mass is 348 g/mol. The quantitative estimate of drug-likeness (QED) is 0.793. The molecule has 2 saturated heterocycles. The molecule has 6 heteroatoms. The maximum atomic E-state index is 12.9. The molecule has 1 spiro atoms. The minimum atomic E-state index is -0.404. The van der Waals surface area contributed by atoms with Crippen molar-refractivity contribution in [2.75, 3.05) is 19.6 Å². The van der Waals surface area contributed by atoms with Crippen LogP contribution in [0, 0.1) is 0 Å². The van der Waals surface area contributed by atoms with Crippen LogP contribution in [-0.2, 0) is 17.6 Å². The first-order valence-electron chi connectivity index (χ1n) is 9.03. The molecular weight excluding hydrogens is 324 g/mol. The van der Waals surface area contributed by atoms with Crippen molar-refractivity contribution < 1.29 is 14.3 Å². The fourth-order valence-corrected chi connectivity index (χ4v) is 5.30. The molecule has 24 heavy (non-hydrogen) atoms. The molecule has 4 rings (SSSR count). The van der Waals surface area contributed by atoms with Crippen LogP contribution in [0.4, 0.5) is 4.79 Å². The van der Waals surface area contributed by atoms with E-state index in [1.54, 1.807) is 11.3 Å². The minimum Gasteiger partial charge on any atom is -0.441 e. The number of rotatable bonds is 1. The SMILES string of the molecule is O=C1NCC2(CCCN(C(=O)c3cc4c(s3)CCCCC4)CC2)O1. The minimum absolute atomic E-state index is 0.155. The van der Waals surface area contributed by atoms with Crippen LogP contribution in [0.25, 0.3) is 0 Å². The highest BCUT2D eigenvalue weighted by molar-refractivity contribution is 7.14. The molecular formula is C18H24N2O3S. The number of aryl methyl sites for hydroxylation is 2. The van der Waals surface area contributed by atoms with E-state index < -0.39 is 5.60 Å². The number of hydrogen-bond donors (Lipinski definition) is 1. The summed E-state index contributed by atoms with van der Waals surface area (Å²) in [6.07, 6.45) is 8.13. The second-order valence-corrected chi connectivity index (χ2v) is 8.33. The van der Waals surface area contributed by atoms with Crippen LogP contribution in [0.15, 0.2) is 6.07 Å². The number of carbonyl (C=O) groups is 2. The van der Waals surface area contributed by atoms with Crippen molar-refractivity contribution in [1.82, 2.24) is 10.2 Å². The first-order chi connectivity index (χ1) is 11.7. The molecule has 1 aromatic heterocycles. The summed E-state index contributed by atoms with van der Waals surface area (Å²) in [5.74, 6) is 0.155. The van der Waals surface area contributed by atoms with E-state index in [1.165, 1.54) is 29.7 Å². The lowest BCUT2D eigenvalue weighted by molar-refractivity contribution is 0.0439. The van der Waals surface area contributed by atoms with Gasteiger partial charge in [0.05, 0.1) is 11.4 Å². The zero-order valence-electron chi connectivity index (χ0n) is 13.9. The highest BCUT2D eigenvalue weighted by Crippen LogP contribution is 2.32. The second kappa shape index (κ2) is 6.39. The number of nitrogens with zero attached hydrogens (tertiary/aromatic N) is 1. The number of nitrogens with one attached hydrogen (secondary N) is 1. The summed E-state index contributed by atoms with van der Waals surface area (Å²) in [5, 5.41) is 2.76. The van der Waals surface area contributed by atoms with Gasteiger partial charge in [-0.2, -0.15) is 0 Å². The van der Waals surface area contributed by atoms with Gasteiger partial charge < -0.3 is 15.0 Å². The van der Waals surface area contributed by atoms with E-state index >= 15 is 0 Å². The van der Waals surface area contributed by atoms with Crippen LogP contribution in [0.1, 0.15) is 58.6 Å². The molecule has 130 valence electrons. The summed E-state index contributed by atoms with van der Waals surface area (Å²) < 4.78 is 5.50. The molecule has 2 amide bonds. The molecule has 1 atom stereocenters. The highest BCUT2D eigenvalue weighted by atomic mass is 32.1.